The predicted octanol–water partition coefficient (Wildman–Crippen LogP) is 2.23. The molecule has 7 heteroatoms. The van der Waals surface area contributed by atoms with E-state index in [1.165, 1.54) is 0 Å². The topological polar surface area (TPSA) is 66.0 Å². The number of hydrogen-bond donors (Lipinski definition) is 2. The molecule has 0 bridgehead atoms. The van der Waals surface area contributed by atoms with Crippen LogP contribution in [0.4, 0.5) is 0 Å². The Morgan fingerprint density at radius 2 is 1.83 bits per heavy atom. The summed E-state index contributed by atoms with van der Waals surface area (Å²) in [7, 11) is 0. The number of carbonyl (C=O) groups is 1. The molecule has 0 rings (SSSR count). The van der Waals surface area contributed by atoms with Crippen LogP contribution in [-0.4, -0.2) is 62.2 Å². The lowest BCUT2D eigenvalue weighted by Crippen LogP contribution is -2.40. The maximum atomic E-state index is 11.9. The normalized spacial score (nSPS) is 11.1. The first-order valence-electron chi connectivity index (χ1n) is 8.46. The van der Waals surface area contributed by atoms with Gasteiger partial charge in [0.2, 0.25) is 5.91 Å². The zero-order valence-corrected chi connectivity index (χ0v) is 17.7. The standard InChI is InChI=1S/C16H34N4O2.HI/c1-6-17-16(18-11-9-13-22-14(4)5)19-12-10-15(21)20(7-2)8-3;/h14H,6-13H2,1-5H3,(H2,17,18,19);1H. The Hall–Kier alpha value is -0.570. The highest BCUT2D eigenvalue weighted by atomic mass is 127. The van der Waals surface area contributed by atoms with Crippen molar-refractivity contribution in [3.63, 3.8) is 0 Å². The number of nitrogens with zero attached hydrogens (tertiary/aromatic N) is 2. The van der Waals surface area contributed by atoms with Crippen LogP contribution in [0.15, 0.2) is 4.99 Å². The van der Waals surface area contributed by atoms with Gasteiger partial charge in [0, 0.05) is 45.8 Å². The Labute approximate surface area is 158 Å². The van der Waals surface area contributed by atoms with Crippen LogP contribution in [0.2, 0.25) is 0 Å². The van der Waals surface area contributed by atoms with Gasteiger partial charge < -0.3 is 20.3 Å². The fourth-order valence-corrected chi connectivity index (χ4v) is 1.94. The number of rotatable bonds is 11. The predicted molar refractivity (Wildman–Crippen MR) is 108 cm³/mol. The van der Waals surface area contributed by atoms with E-state index in [4.69, 9.17) is 4.74 Å². The van der Waals surface area contributed by atoms with Gasteiger partial charge in [-0.25, -0.2) is 0 Å². The molecule has 0 atom stereocenters. The molecule has 23 heavy (non-hydrogen) atoms. The molecule has 0 aromatic rings. The summed E-state index contributed by atoms with van der Waals surface area (Å²) in [4.78, 5) is 18.2. The van der Waals surface area contributed by atoms with Crippen LogP contribution in [0.1, 0.15) is 47.5 Å². The second-order valence-corrected chi connectivity index (χ2v) is 5.28. The maximum Gasteiger partial charge on any atom is 0.224 e. The minimum Gasteiger partial charge on any atom is -0.379 e. The molecular weight excluding hydrogens is 407 g/mol. The Balaban J connectivity index is 0. The lowest BCUT2D eigenvalue weighted by atomic mass is 10.3. The van der Waals surface area contributed by atoms with Crippen LogP contribution in [0.5, 0.6) is 0 Å². The van der Waals surface area contributed by atoms with Gasteiger partial charge in [0.1, 0.15) is 0 Å². The summed E-state index contributed by atoms with van der Waals surface area (Å²) >= 11 is 0. The van der Waals surface area contributed by atoms with Gasteiger partial charge in [-0.3, -0.25) is 9.79 Å². The van der Waals surface area contributed by atoms with Crippen molar-refractivity contribution in [1.82, 2.24) is 15.5 Å². The zero-order valence-electron chi connectivity index (χ0n) is 15.4. The van der Waals surface area contributed by atoms with Gasteiger partial charge in [-0.1, -0.05) is 0 Å². The molecule has 0 saturated heterocycles. The van der Waals surface area contributed by atoms with Crippen LogP contribution in [0.3, 0.4) is 0 Å². The second-order valence-electron chi connectivity index (χ2n) is 5.28. The van der Waals surface area contributed by atoms with Gasteiger partial charge in [-0.15, -0.1) is 24.0 Å². The number of halogens is 1. The quantitative estimate of drug-likeness (QED) is 0.223. The van der Waals surface area contributed by atoms with E-state index in [-0.39, 0.29) is 36.0 Å². The van der Waals surface area contributed by atoms with Crippen molar-refractivity contribution in [1.29, 1.82) is 0 Å². The van der Waals surface area contributed by atoms with E-state index < -0.39 is 0 Å². The van der Waals surface area contributed by atoms with E-state index in [2.05, 4.69) is 15.6 Å². The molecule has 0 aliphatic rings. The number of aliphatic imine (C=N–C) groups is 1. The van der Waals surface area contributed by atoms with Crippen molar-refractivity contribution in [3.05, 3.63) is 0 Å². The largest absolute Gasteiger partial charge is 0.379 e. The molecule has 0 heterocycles. The average Bonchev–Trinajstić information content (AvgIpc) is 2.47. The molecule has 1 amide bonds. The minimum absolute atomic E-state index is 0. The highest BCUT2D eigenvalue weighted by molar-refractivity contribution is 14.0. The van der Waals surface area contributed by atoms with Gasteiger partial charge in [0.05, 0.1) is 6.10 Å². The van der Waals surface area contributed by atoms with E-state index in [1.54, 1.807) is 0 Å². The van der Waals surface area contributed by atoms with Gasteiger partial charge in [-0.2, -0.15) is 0 Å². The van der Waals surface area contributed by atoms with Crippen molar-refractivity contribution in [3.8, 4) is 0 Å². The molecule has 0 aliphatic carbocycles. The van der Waals surface area contributed by atoms with Gasteiger partial charge >= 0.3 is 0 Å². The summed E-state index contributed by atoms with van der Waals surface area (Å²) < 4.78 is 5.49. The van der Waals surface area contributed by atoms with Crippen LogP contribution >= 0.6 is 24.0 Å². The third-order valence-corrected chi connectivity index (χ3v) is 3.12. The molecule has 0 aromatic carbocycles. The summed E-state index contributed by atoms with van der Waals surface area (Å²) in [6.07, 6.45) is 1.65. The fraction of sp³-hybridized carbons (Fsp3) is 0.875. The van der Waals surface area contributed by atoms with E-state index >= 15 is 0 Å². The summed E-state index contributed by atoms with van der Waals surface area (Å²) in [6.45, 7) is 14.5. The Bertz CT molecular complexity index is 321. The molecule has 0 fully saturated rings. The van der Waals surface area contributed by atoms with E-state index in [9.17, 15) is 4.79 Å². The summed E-state index contributed by atoms with van der Waals surface area (Å²) in [6, 6.07) is 0. The first-order chi connectivity index (χ1) is 10.5. The number of guanidine groups is 1. The number of ether oxygens (including phenoxy) is 1. The molecule has 2 N–H and O–H groups in total. The van der Waals surface area contributed by atoms with Crippen molar-refractivity contribution in [2.75, 3.05) is 39.3 Å². The SMILES string of the molecule is CCNC(=NCCCOC(C)C)NCCC(=O)N(CC)CC.I. The smallest absolute Gasteiger partial charge is 0.224 e. The van der Waals surface area contributed by atoms with E-state index in [0.29, 0.717) is 19.5 Å². The number of hydrogen-bond acceptors (Lipinski definition) is 3. The number of carbonyl (C=O) groups excluding carboxylic acids is 1. The molecular formula is C16H35IN4O2. The van der Waals surface area contributed by atoms with Crippen molar-refractivity contribution < 1.29 is 9.53 Å². The number of amides is 1. The molecule has 0 radical (unpaired) electrons. The summed E-state index contributed by atoms with van der Waals surface area (Å²) in [5.74, 6) is 0.943. The highest BCUT2D eigenvalue weighted by Crippen LogP contribution is 1.93. The summed E-state index contributed by atoms with van der Waals surface area (Å²) in [5, 5.41) is 6.39. The molecule has 0 aliphatic heterocycles. The van der Waals surface area contributed by atoms with Crippen LogP contribution in [-0.2, 0) is 9.53 Å². The molecule has 0 unspecified atom stereocenters. The molecule has 138 valence electrons. The second kappa shape index (κ2) is 16.3. The van der Waals surface area contributed by atoms with Crippen LogP contribution in [0.25, 0.3) is 0 Å². The molecule has 0 aromatic heterocycles. The van der Waals surface area contributed by atoms with Gasteiger partial charge in [-0.05, 0) is 41.0 Å². The fourth-order valence-electron chi connectivity index (χ4n) is 1.94. The van der Waals surface area contributed by atoms with Crippen molar-refractivity contribution in [2.45, 2.75) is 53.6 Å². The molecule has 6 nitrogen and oxygen atoms in total. The maximum absolute atomic E-state index is 11.9. The number of nitrogens with one attached hydrogen (secondary N) is 2. The molecule has 0 saturated carbocycles. The van der Waals surface area contributed by atoms with E-state index in [1.807, 2.05) is 39.5 Å². The Morgan fingerprint density at radius 1 is 1.17 bits per heavy atom. The summed E-state index contributed by atoms with van der Waals surface area (Å²) in [5.41, 5.74) is 0. The minimum atomic E-state index is 0. The van der Waals surface area contributed by atoms with Crippen LogP contribution in [0, 0.1) is 0 Å². The first-order valence-corrected chi connectivity index (χ1v) is 8.46. The monoisotopic (exact) mass is 442 g/mol. The lowest BCUT2D eigenvalue weighted by Gasteiger charge is -2.19. The van der Waals surface area contributed by atoms with Crippen molar-refractivity contribution >= 4 is 35.8 Å². The van der Waals surface area contributed by atoms with E-state index in [0.717, 1.165) is 38.6 Å². The van der Waals surface area contributed by atoms with Crippen LogP contribution < -0.4 is 10.6 Å². The molecule has 0 spiro atoms. The Kier molecular flexibility index (Phi) is 17.5. The Morgan fingerprint density at radius 3 is 2.35 bits per heavy atom. The van der Waals surface area contributed by atoms with Gasteiger partial charge in [0.15, 0.2) is 5.96 Å². The van der Waals surface area contributed by atoms with Crippen molar-refractivity contribution in [2.24, 2.45) is 4.99 Å². The zero-order chi connectivity index (χ0) is 16.8. The average molecular weight is 442 g/mol. The first kappa shape index (κ1) is 24.7. The lowest BCUT2D eigenvalue weighted by molar-refractivity contribution is -0.130. The third-order valence-electron chi connectivity index (χ3n) is 3.12. The van der Waals surface area contributed by atoms with Gasteiger partial charge in [0.25, 0.3) is 0 Å². The third kappa shape index (κ3) is 13.6. The highest BCUT2D eigenvalue weighted by Gasteiger charge is 2.08.